The Hall–Kier alpha value is -4.10. The van der Waals surface area contributed by atoms with Crippen LogP contribution in [0.4, 0.5) is 0 Å². The van der Waals surface area contributed by atoms with Gasteiger partial charge < -0.3 is 9.47 Å². The van der Waals surface area contributed by atoms with Crippen LogP contribution in [0.25, 0.3) is 51.2 Å². The van der Waals surface area contributed by atoms with Crippen molar-refractivity contribution >= 4 is 80.8 Å². The molecule has 5 heterocycles. The molecule has 5 rings (SSSR count). The molecule has 5 aromatic rings. The topological polar surface area (TPSA) is 100 Å². The predicted molar refractivity (Wildman–Crippen MR) is 326 cm³/mol. The molecule has 0 spiro atoms. The zero-order valence-electron chi connectivity index (χ0n) is 46.4. The summed E-state index contributed by atoms with van der Waals surface area (Å²) in [5.74, 6) is -1.14. The Bertz CT molecular complexity index is 2460. The molecule has 0 saturated carbocycles. The fraction of sp³-hybridized carbons (Fsp3) is 0.562. The van der Waals surface area contributed by atoms with Crippen LogP contribution < -0.4 is 0 Å². The molecule has 6 nitrogen and oxygen atoms in total. The monoisotopic (exact) mass is 1110 g/mol. The minimum Gasteiger partial charge on any atom is -0.462 e. The number of aryl methyl sites for hydroxylation is 4. The van der Waals surface area contributed by atoms with Crippen molar-refractivity contribution in [1.82, 2.24) is 0 Å². The van der Waals surface area contributed by atoms with Gasteiger partial charge in [-0.2, -0.15) is 10.5 Å². The zero-order chi connectivity index (χ0) is 53.6. The highest BCUT2D eigenvalue weighted by Gasteiger charge is 2.23. The van der Waals surface area contributed by atoms with Crippen molar-refractivity contribution in [2.24, 2.45) is 0 Å². The molecule has 0 aliphatic heterocycles. The van der Waals surface area contributed by atoms with Crippen LogP contribution in [0.5, 0.6) is 0 Å². The molecule has 0 unspecified atom stereocenters. The van der Waals surface area contributed by atoms with Crippen LogP contribution in [-0.4, -0.2) is 25.2 Å². The van der Waals surface area contributed by atoms with Gasteiger partial charge in [-0.1, -0.05) is 156 Å². The number of rotatable bonds is 38. The lowest BCUT2D eigenvalue weighted by molar-refractivity contribution is -0.138. The Morgan fingerprint density at radius 2 is 0.693 bits per heavy atom. The number of hydrogen-bond acceptors (Lipinski definition) is 11. The summed E-state index contributed by atoms with van der Waals surface area (Å²) in [4.78, 5) is 37.7. The first kappa shape index (κ1) is 61.7. The van der Waals surface area contributed by atoms with E-state index in [9.17, 15) is 20.1 Å². The highest BCUT2D eigenvalue weighted by atomic mass is 32.1. The SMILES string of the molecule is CCCCCCCCc1cc(/C=C(\C#N)C(=O)OCC)sc1-c1cc(CCCCCCCC)c(-c2ccc(-c3sc(-c4sc(/C=C(\C#N)C(=O)OCC)cc4CCCCCCCC)cc3CCCCCCCC)s2)s1. The summed E-state index contributed by atoms with van der Waals surface area (Å²) in [5.41, 5.74) is 5.50. The predicted octanol–water partition coefficient (Wildman–Crippen LogP) is 21.2. The van der Waals surface area contributed by atoms with Crippen molar-refractivity contribution < 1.29 is 19.1 Å². The van der Waals surface area contributed by atoms with Crippen molar-refractivity contribution in [1.29, 1.82) is 10.5 Å². The van der Waals surface area contributed by atoms with E-state index in [-0.39, 0.29) is 24.4 Å². The number of ether oxygens (including phenoxy) is 2. The quantitative estimate of drug-likeness (QED) is 0.0169. The molecule has 11 heteroatoms. The molecule has 0 amide bonds. The Labute approximate surface area is 472 Å². The lowest BCUT2D eigenvalue weighted by atomic mass is 10.0. The van der Waals surface area contributed by atoms with Crippen LogP contribution in [0.1, 0.15) is 228 Å². The van der Waals surface area contributed by atoms with E-state index < -0.39 is 11.9 Å². The van der Waals surface area contributed by atoms with Gasteiger partial charge in [0.2, 0.25) is 0 Å². The number of hydrogen-bond donors (Lipinski definition) is 0. The lowest BCUT2D eigenvalue weighted by Crippen LogP contribution is -2.05. The number of nitriles is 2. The summed E-state index contributed by atoms with van der Waals surface area (Å²) in [6.45, 7) is 13.1. The van der Waals surface area contributed by atoms with Crippen LogP contribution in [0.15, 0.2) is 47.5 Å². The van der Waals surface area contributed by atoms with Crippen LogP contribution in [0, 0.1) is 22.7 Å². The second kappa shape index (κ2) is 35.3. The summed E-state index contributed by atoms with van der Waals surface area (Å²) < 4.78 is 10.5. The van der Waals surface area contributed by atoms with Gasteiger partial charge in [-0.15, -0.1) is 56.7 Å². The van der Waals surface area contributed by atoms with Crippen LogP contribution in [0.2, 0.25) is 0 Å². The maximum Gasteiger partial charge on any atom is 0.348 e. The summed E-state index contributed by atoms with van der Waals surface area (Å²) in [6, 6.07) is 18.3. The average Bonchev–Trinajstić information content (AvgIpc) is 4.28. The molecule has 75 heavy (non-hydrogen) atoms. The van der Waals surface area contributed by atoms with E-state index in [4.69, 9.17) is 9.47 Å². The number of nitrogens with zero attached hydrogens (tertiary/aromatic N) is 2. The van der Waals surface area contributed by atoms with Gasteiger partial charge in [-0.25, -0.2) is 9.59 Å². The third-order valence-corrected chi connectivity index (χ3v) is 20.2. The van der Waals surface area contributed by atoms with Gasteiger partial charge in [0.05, 0.1) is 13.2 Å². The highest BCUT2D eigenvalue weighted by molar-refractivity contribution is 7.30. The Balaban J connectivity index is 1.58. The van der Waals surface area contributed by atoms with E-state index in [2.05, 4.69) is 76.2 Å². The molecule has 0 saturated heterocycles. The second-order valence-electron chi connectivity index (χ2n) is 20.0. The fourth-order valence-electron chi connectivity index (χ4n) is 9.64. The van der Waals surface area contributed by atoms with Gasteiger partial charge in [-0.3, -0.25) is 0 Å². The molecule has 0 radical (unpaired) electrons. The van der Waals surface area contributed by atoms with Gasteiger partial charge >= 0.3 is 11.9 Å². The van der Waals surface area contributed by atoms with Crippen LogP contribution in [0.3, 0.4) is 0 Å². The van der Waals surface area contributed by atoms with Crippen LogP contribution in [-0.2, 0) is 44.7 Å². The standard InChI is InChI=1S/C64H86N2O4S5/c1-7-13-17-21-25-29-33-47-39-53(41-51(45-65)63(67)69-11-5)71-61(47)57-43-49(35-31-27-23-19-15-9-3)59(74-57)55-37-38-56(73-55)60-50(36-32-28-24-20-16-10-4)44-58(75-60)62-48(34-30-26-22-18-14-8-2)40-54(72-62)42-52(46-66)64(68)70-12-6/h37-44H,7-36H2,1-6H3/b51-41+,52-42+. The molecule has 0 fully saturated rings. The summed E-state index contributed by atoms with van der Waals surface area (Å²) in [5, 5.41) is 20.0. The zero-order valence-corrected chi connectivity index (χ0v) is 50.5. The highest BCUT2D eigenvalue weighted by Crippen LogP contribution is 2.50. The Morgan fingerprint density at radius 1 is 0.400 bits per heavy atom. The molecule has 0 N–H and O–H groups in total. The first-order valence-corrected chi connectivity index (χ1v) is 33.0. The van der Waals surface area contributed by atoms with Crippen molar-refractivity contribution in [2.45, 2.75) is 221 Å². The number of carbonyl (C=O) groups excluding carboxylic acids is 2. The number of unbranched alkanes of at least 4 members (excludes halogenated alkanes) is 20. The number of thiophene rings is 5. The summed E-state index contributed by atoms with van der Waals surface area (Å²) in [6.07, 6.45) is 37.0. The minimum atomic E-state index is -0.570. The molecule has 0 bridgehead atoms. The fourth-order valence-corrected chi connectivity index (χ4v) is 15.9. The lowest BCUT2D eigenvalue weighted by Gasteiger charge is -2.04. The third kappa shape index (κ3) is 20.0. The molecule has 0 aromatic carbocycles. The minimum absolute atomic E-state index is 0.0395. The Kier molecular flexibility index (Phi) is 29.1. The molecule has 0 aliphatic carbocycles. The molecule has 0 atom stereocenters. The van der Waals surface area contributed by atoms with E-state index in [1.54, 1.807) is 48.7 Å². The second-order valence-corrected chi connectivity index (χ2v) is 25.3. The number of carbonyl (C=O) groups is 2. The molecule has 406 valence electrons. The summed E-state index contributed by atoms with van der Waals surface area (Å²) >= 11 is 9.13. The summed E-state index contributed by atoms with van der Waals surface area (Å²) in [7, 11) is 0. The maximum atomic E-state index is 12.8. The van der Waals surface area contributed by atoms with E-state index in [0.29, 0.717) is 0 Å². The first-order valence-electron chi connectivity index (χ1n) is 28.9. The van der Waals surface area contributed by atoms with Gasteiger partial charge in [-0.05, 0) is 136 Å². The van der Waals surface area contributed by atoms with E-state index in [0.717, 1.165) is 61.1 Å². The van der Waals surface area contributed by atoms with E-state index in [1.807, 2.05) is 34.0 Å². The van der Waals surface area contributed by atoms with Crippen molar-refractivity contribution in [3.63, 3.8) is 0 Å². The number of esters is 2. The molecular formula is C64H86N2O4S5. The third-order valence-electron chi connectivity index (χ3n) is 13.8. The normalized spacial score (nSPS) is 11.8. The van der Waals surface area contributed by atoms with Gasteiger partial charge in [0, 0.05) is 48.8 Å². The molecular weight excluding hydrogens is 1020 g/mol. The maximum absolute atomic E-state index is 12.8. The van der Waals surface area contributed by atoms with Gasteiger partial charge in [0.1, 0.15) is 23.3 Å². The molecule has 0 aliphatic rings. The van der Waals surface area contributed by atoms with Gasteiger partial charge in [0.15, 0.2) is 0 Å². The van der Waals surface area contributed by atoms with E-state index >= 15 is 0 Å². The van der Waals surface area contributed by atoms with Crippen molar-refractivity contribution in [3.8, 4) is 51.2 Å². The van der Waals surface area contributed by atoms with Crippen molar-refractivity contribution in [3.05, 3.63) is 79.6 Å². The van der Waals surface area contributed by atoms with Gasteiger partial charge in [0.25, 0.3) is 0 Å². The van der Waals surface area contributed by atoms with Crippen molar-refractivity contribution in [2.75, 3.05) is 13.2 Å². The van der Waals surface area contributed by atoms with Crippen LogP contribution >= 0.6 is 56.7 Å². The first-order chi connectivity index (χ1) is 36.7. The largest absolute Gasteiger partial charge is 0.462 e. The Morgan fingerprint density at radius 3 is 1.00 bits per heavy atom. The molecule has 5 aromatic heterocycles. The smallest absolute Gasteiger partial charge is 0.348 e. The average molecular weight is 1110 g/mol. The van der Waals surface area contributed by atoms with E-state index in [1.165, 1.54) is 190 Å².